The van der Waals surface area contributed by atoms with E-state index in [-0.39, 0.29) is 6.42 Å². The quantitative estimate of drug-likeness (QED) is 0.927. The minimum atomic E-state index is -0.874. The van der Waals surface area contributed by atoms with E-state index in [0.717, 1.165) is 17.2 Å². The molecule has 4 nitrogen and oxygen atoms in total. The number of aryl methyl sites for hydroxylation is 2. The Morgan fingerprint density at radius 1 is 1.44 bits per heavy atom. The smallest absolute Gasteiger partial charge is 0.309 e. The fourth-order valence-corrected chi connectivity index (χ4v) is 2.21. The average molecular weight is 265 g/mol. The van der Waals surface area contributed by atoms with Crippen LogP contribution in [0.5, 0.6) is 0 Å². The number of hydrogen-bond acceptors (Lipinski definition) is 2. The number of imidazole rings is 1. The van der Waals surface area contributed by atoms with Crippen molar-refractivity contribution < 1.29 is 9.90 Å². The summed E-state index contributed by atoms with van der Waals surface area (Å²) in [5, 5.41) is 9.57. The molecule has 2 rings (SSSR count). The number of nitrogens with zero attached hydrogens (tertiary/aromatic N) is 2. The lowest BCUT2D eigenvalue weighted by molar-refractivity contribution is -0.136. The Hall–Kier alpha value is -1.81. The van der Waals surface area contributed by atoms with Crippen molar-refractivity contribution in [3.63, 3.8) is 0 Å². The van der Waals surface area contributed by atoms with Gasteiger partial charge in [-0.15, -0.1) is 0 Å². The molecule has 94 valence electrons. The summed E-state index contributed by atoms with van der Waals surface area (Å²) in [6.45, 7) is 3.66. The molecule has 0 saturated heterocycles. The molecule has 0 fully saturated rings. The van der Waals surface area contributed by atoms with Gasteiger partial charge in [0.2, 0.25) is 0 Å². The standard InChI is InChI=1S/C13H13ClN2O2/c1-8-12(7-13(17)18)16(9(2)15-8)11-5-3-4-10(14)6-11/h3-6H,7H2,1-2H3,(H,17,18). The highest BCUT2D eigenvalue weighted by Crippen LogP contribution is 2.21. The highest BCUT2D eigenvalue weighted by Gasteiger charge is 2.15. The maximum absolute atomic E-state index is 10.9. The molecular weight excluding hydrogens is 252 g/mol. The van der Waals surface area contributed by atoms with Gasteiger partial charge in [0.1, 0.15) is 5.82 Å². The predicted molar refractivity (Wildman–Crippen MR) is 69.4 cm³/mol. The predicted octanol–water partition coefficient (Wildman–Crippen LogP) is 2.77. The molecule has 0 aliphatic rings. The maximum atomic E-state index is 10.9. The molecule has 0 amide bonds. The van der Waals surface area contributed by atoms with Crippen LogP contribution in [0, 0.1) is 13.8 Å². The van der Waals surface area contributed by atoms with Crippen LogP contribution in [0.15, 0.2) is 24.3 Å². The zero-order valence-electron chi connectivity index (χ0n) is 10.1. The van der Waals surface area contributed by atoms with Gasteiger partial charge in [-0.25, -0.2) is 4.98 Å². The van der Waals surface area contributed by atoms with Crippen molar-refractivity contribution in [1.82, 2.24) is 9.55 Å². The highest BCUT2D eigenvalue weighted by molar-refractivity contribution is 6.30. The zero-order chi connectivity index (χ0) is 13.3. The number of rotatable bonds is 3. The fraction of sp³-hybridized carbons (Fsp3) is 0.231. The molecule has 18 heavy (non-hydrogen) atoms. The van der Waals surface area contributed by atoms with Gasteiger partial charge < -0.3 is 9.67 Å². The van der Waals surface area contributed by atoms with Crippen molar-refractivity contribution in [2.45, 2.75) is 20.3 Å². The van der Waals surface area contributed by atoms with Crippen LogP contribution in [0.3, 0.4) is 0 Å². The van der Waals surface area contributed by atoms with E-state index >= 15 is 0 Å². The minimum absolute atomic E-state index is 0.0564. The summed E-state index contributed by atoms with van der Waals surface area (Å²) in [6.07, 6.45) is -0.0564. The zero-order valence-corrected chi connectivity index (χ0v) is 10.9. The Balaban J connectivity index is 2.59. The van der Waals surface area contributed by atoms with Crippen LogP contribution in [-0.2, 0) is 11.2 Å². The van der Waals surface area contributed by atoms with Crippen LogP contribution >= 0.6 is 11.6 Å². The van der Waals surface area contributed by atoms with Crippen molar-refractivity contribution in [2.24, 2.45) is 0 Å². The summed E-state index contributed by atoms with van der Waals surface area (Å²) in [4.78, 5) is 15.2. The molecule has 0 saturated carbocycles. The summed E-state index contributed by atoms with van der Waals surface area (Å²) in [7, 11) is 0. The van der Waals surface area contributed by atoms with E-state index in [1.165, 1.54) is 0 Å². The van der Waals surface area contributed by atoms with Crippen LogP contribution in [0.2, 0.25) is 5.02 Å². The van der Waals surface area contributed by atoms with Crippen molar-refractivity contribution in [3.05, 3.63) is 46.5 Å². The van der Waals surface area contributed by atoms with Gasteiger partial charge in [-0.2, -0.15) is 0 Å². The number of halogens is 1. The van der Waals surface area contributed by atoms with Crippen molar-refractivity contribution in [1.29, 1.82) is 0 Å². The van der Waals surface area contributed by atoms with Gasteiger partial charge in [-0.3, -0.25) is 4.79 Å². The Morgan fingerprint density at radius 2 is 2.17 bits per heavy atom. The van der Waals surface area contributed by atoms with E-state index < -0.39 is 5.97 Å². The second-order valence-electron chi connectivity index (χ2n) is 4.08. The van der Waals surface area contributed by atoms with Gasteiger partial charge in [-0.1, -0.05) is 17.7 Å². The minimum Gasteiger partial charge on any atom is -0.481 e. The number of hydrogen-bond donors (Lipinski definition) is 1. The molecule has 0 aliphatic heterocycles. The van der Waals surface area contributed by atoms with E-state index in [4.69, 9.17) is 16.7 Å². The van der Waals surface area contributed by atoms with Crippen LogP contribution in [0.25, 0.3) is 5.69 Å². The van der Waals surface area contributed by atoms with Crippen LogP contribution in [-0.4, -0.2) is 20.6 Å². The lowest BCUT2D eigenvalue weighted by Gasteiger charge is -2.10. The van der Waals surface area contributed by atoms with Gasteiger partial charge >= 0.3 is 5.97 Å². The van der Waals surface area contributed by atoms with E-state index in [1.807, 2.05) is 30.5 Å². The maximum Gasteiger partial charge on any atom is 0.309 e. The van der Waals surface area contributed by atoms with Crippen LogP contribution in [0.1, 0.15) is 17.2 Å². The summed E-state index contributed by atoms with van der Waals surface area (Å²) in [5.74, 6) is -0.118. The molecule has 0 unspecified atom stereocenters. The van der Waals surface area contributed by atoms with Crippen molar-refractivity contribution in [2.75, 3.05) is 0 Å². The molecule has 1 heterocycles. The fourth-order valence-electron chi connectivity index (χ4n) is 2.02. The summed E-state index contributed by atoms with van der Waals surface area (Å²) in [6, 6.07) is 7.28. The third kappa shape index (κ3) is 2.38. The molecule has 1 aromatic carbocycles. The Bertz CT molecular complexity index is 605. The number of benzene rings is 1. The Morgan fingerprint density at radius 3 is 2.78 bits per heavy atom. The van der Waals surface area contributed by atoms with E-state index in [0.29, 0.717) is 10.7 Å². The van der Waals surface area contributed by atoms with E-state index in [9.17, 15) is 4.79 Å². The van der Waals surface area contributed by atoms with Gasteiger partial charge in [-0.05, 0) is 32.0 Å². The Labute approximate surface area is 110 Å². The molecular formula is C13H13ClN2O2. The first kappa shape index (κ1) is 12.6. The second-order valence-corrected chi connectivity index (χ2v) is 4.51. The third-order valence-corrected chi connectivity index (χ3v) is 2.96. The molecule has 0 bridgehead atoms. The number of carboxylic acid groups (broad SMARTS) is 1. The highest BCUT2D eigenvalue weighted by atomic mass is 35.5. The number of carboxylic acids is 1. The molecule has 5 heteroatoms. The molecule has 1 N–H and O–H groups in total. The van der Waals surface area contributed by atoms with Crippen molar-refractivity contribution >= 4 is 17.6 Å². The first-order valence-electron chi connectivity index (χ1n) is 5.51. The summed E-state index contributed by atoms with van der Waals surface area (Å²) in [5.41, 5.74) is 2.24. The summed E-state index contributed by atoms with van der Waals surface area (Å²) < 4.78 is 1.83. The molecule has 0 radical (unpaired) electrons. The van der Waals surface area contributed by atoms with Gasteiger partial charge in [0.15, 0.2) is 0 Å². The number of aliphatic carboxylic acids is 1. The first-order chi connectivity index (χ1) is 8.49. The molecule has 2 aromatic rings. The average Bonchev–Trinajstić information content (AvgIpc) is 2.53. The van der Waals surface area contributed by atoms with E-state index in [1.54, 1.807) is 12.1 Å². The van der Waals surface area contributed by atoms with Gasteiger partial charge in [0.05, 0.1) is 17.8 Å². The number of carbonyl (C=O) groups is 1. The normalized spacial score (nSPS) is 10.6. The molecule has 0 spiro atoms. The number of aromatic nitrogens is 2. The third-order valence-electron chi connectivity index (χ3n) is 2.73. The monoisotopic (exact) mass is 264 g/mol. The molecule has 0 aliphatic carbocycles. The van der Waals surface area contributed by atoms with Crippen LogP contribution in [0.4, 0.5) is 0 Å². The lowest BCUT2D eigenvalue weighted by atomic mass is 10.2. The Kier molecular flexibility index (Phi) is 3.39. The first-order valence-corrected chi connectivity index (χ1v) is 5.89. The largest absolute Gasteiger partial charge is 0.481 e. The van der Waals surface area contributed by atoms with Crippen LogP contribution < -0.4 is 0 Å². The SMILES string of the molecule is Cc1nc(C)n(-c2cccc(Cl)c2)c1CC(=O)O. The van der Waals surface area contributed by atoms with Crippen molar-refractivity contribution in [3.8, 4) is 5.69 Å². The summed E-state index contributed by atoms with van der Waals surface area (Å²) >= 11 is 5.96. The lowest BCUT2D eigenvalue weighted by Crippen LogP contribution is -2.09. The van der Waals surface area contributed by atoms with Gasteiger partial charge in [0, 0.05) is 10.7 Å². The van der Waals surface area contributed by atoms with Gasteiger partial charge in [0.25, 0.3) is 0 Å². The molecule has 1 aromatic heterocycles. The topological polar surface area (TPSA) is 55.1 Å². The van der Waals surface area contributed by atoms with E-state index in [2.05, 4.69) is 4.98 Å². The molecule has 0 atom stereocenters. The second kappa shape index (κ2) is 4.82.